The standard InChI is InChI=1S/C10H12.2C9H10O.C9H10.C8H8O2.3C8H8O.C6H6.9CH4/c1-2-6-10-8-4-3-7-9(10)5-1;2*1-2-6-9-8(4-1)5-3-7-10-9;1-2-5-9-7-3-6-8(9)4-1;1-2-4-8-7(3-1)9-5-6-10-8;1-2-4-8-6-9-5-7(8)3-1;2*1-2-4-8-7(3-1)5-6-9-8;1-2-4-6-5-3-1;;;;;;;;;/h1-2,5-6H,3-4,7-8H2;2*1-2,4,6H,3,5,7H2;1-2,4-5H,3,6-7H2;1-4H,5-6H2;3*1-4H,5-6H2;1-6H;9*1H4. The number of aryl methyl sites for hydroxylation is 6. The zero-order valence-electron chi connectivity index (χ0n) is 47.6. The van der Waals surface area contributed by atoms with Gasteiger partial charge >= 0.3 is 0 Å². The average molecular weight is 1240 g/mol. The second-order valence-corrected chi connectivity index (χ2v) is 20.7. The molecule has 6 aliphatic heterocycles. The summed E-state index contributed by atoms with van der Waals surface area (Å²) in [6.07, 6.45) is 16.2. The van der Waals surface area contributed by atoms with Crippen molar-refractivity contribution in [3.63, 3.8) is 0 Å². The second-order valence-electron chi connectivity index (χ2n) is 20.7. The Morgan fingerprint density at radius 3 is 0.681 bits per heavy atom. The highest BCUT2D eigenvalue weighted by atomic mass is 16.6. The van der Waals surface area contributed by atoms with Gasteiger partial charge in [0.15, 0.2) is 11.5 Å². The maximum absolute atomic E-state index is 5.42. The first-order valence-corrected chi connectivity index (χ1v) is 29.7. The van der Waals surface area contributed by atoms with Crippen molar-refractivity contribution < 1.29 is 33.2 Å². The van der Waals surface area contributed by atoms with Crippen LogP contribution in [0.5, 0.6) is 34.5 Å². The van der Waals surface area contributed by atoms with Crippen molar-refractivity contribution >= 4 is 0 Å². The van der Waals surface area contributed by atoms with Gasteiger partial charge in [0.05, 0.1) is 39.6 Å². The van der Waals surface area contributed by atoms with Crippen molar-refractivity contribution in [2.24, 2.45) is 0 Å². The lowest BCUT2D eigenvalue weighted by atomic mass is 9.92. The zero-order valence-corrected chi connectivity index (χ0v) is 47.6. The van der Waals surface area contributed by atoms with Crippen LogP contribution in [0.15, 0.2) is 231 Å². The molecule has 7 heteroatoms. The van der Waals surface area contributed by atoms with Gasteiger partial charge in [-0.1, -0.05) is 261 Å². The van der Waals surface area contributed by atoms with E-state index in [2.05, 4.69) is 97.1 Å². The van der Waals surface area contributed by atoms with Crippen LogP contribution >= 0.6 is 0 Å². The maximum atomic E-state index is 5.42. The number of fused-ring (bicyclic) bond motifs is 8. The van der Waals surface area contributed by atoms with E-state index in [4.69, 9.17) is 33.2 Å². The van der Waals surface area contributed by atoms with Gasteiger partial charge in [0, 0.05) is 12.8 Å². The number of hydrogen-bond donors (Lipinski definition) is 0. The Bertz CT molecular complexity index is 2640. The molecule has 0 saturated carbocycles. The minimum atomic E-state index is 0. The van der Waals surface area contributed by atoms with Crippen LogP contribution in [0.4, 0.5) is 0 Å². The molecule has 8 aliphatic rings. The monoisotopic (exact) mass is 1240 g/mol. The van der Waals surface area contributed by atoms with E-state index < -0.39 is 0 Å². The first-order chi connectivity index (χ1) is 40.7. The van der Waals surface area contributed by atoms with Gasteiger partial charge in [0.1, 0.15) is 36.2 Å². The Hall–Kier alpha value is -8.26. The summed E-state index contributed by atoms with van der Waals surface area (Å²) in [4.78, 5) is 0. The summed E-state index contributed by atoms with van der Waals surface area (Å²) in [6, 6.07) is 78.4. The molecule has 0 bridgehead atoms. The summed E-state index contributed by atoms with van der Waals surface area (Å²) < 4.78 is 37.3. The van der Waals surface area contributed by atoms with E-state index in [0.717, 1.165) is 99.8 Å². The van der Waals surface area contributed by atoms with Gasteiger partial charge in [-0.15, -0.1) is 0 Å². The lowest BCUT2D eigenvalue weighted by Gasteiger charge is -2.17. The number of ether oxygens (including phenoxy) is 7. The van der Waals surface area contributed by atoms with Crippen molar-refractivity contribution in [2.75, 3.05) is 39.6 Å². The van der Waals surface area contributed by atoms with Crippen LogP contribution in [0.2, 0.25) is 0 Å². The largest absolute Gasteiger partial charge is 0.493 e. The maximum Gasteiger partial charge on any atom is 0.161 e. The fourth-order valence-corrected chi connectivity index (χ4v) is 10.5. The molecule has 0 amide bonds. The van der Waals surface area contributed by atoms with Gasteiger partial charge in [0.25, 0.3) is 0 Å². The van der Waals surface area contributed by atoms with Crippen LogP contribution in [-0.4, -0.2) is 39.6 Å². The Labute approximate surface area is 554 Å². The van der Waals surface area contributed by atoms with Gasteiger partial charge in [-0.2, -0.15) is 0 Å². The molecule has 6 heterocycles. The summed E-state index contributed by atoms with van der Waals surface area (Å²) in [7, 11) is 0. The van der Waals surface area contributed by atoms with E-state index in [1.165, 1.54) is 91.2 Å². The Kier molecular flexibility index (Phi) is 43.3. The topological polar surface area (TPSA) is 64.6 Å². The second kappa shape index (κ2) is 47.7. The van der Waals surface area contributed by atoms with Crippen molar-refractivity contribution in [1.82, 2.24) is 0 Å². The van der Waals surface area contributed by atoms with E-state index in [1.54, 1.807) is 22.3 Å². The Balaban J connectivity index is 0.000000991. The summed E-state index contributed by atoms with van der Waals surface area (Å²) in [5.74, 6) is 6.00. The van der Waals surface area contributed by atoms with E-state index in [0.29, 0.717) is 13.2 Å². The fourth-order valence-electron chi connectivity index (χ4n) is 10.5. The highest BCUT2D eigenvalue weighted by Gasteiger charge is 2.13. The summed E-state index contributed by atoms with van der Waals surface area (Å²) in [6.45, 7) is 6.42. The molecular formula is C84H116O7. The molecule has 0 unspecified atom stereocenters. The summed E-state index contributed by atoms with van der Waals surface area (Å²) in [5.41, 5.74) is 14.4. The van der Waals surface area contributed by atoms with Gasteiger partial charge in [-0.25, -0.2) is 0 Å². The van der Waals surface area contributed by atoms with Crippen LogP contribution in [0.25, 0.3) is 0 Å². The normalized spacial score (nSPS) is 13.4. The summed E-state index contributed by atoms with van der Waals surface area (Å²) >= 11 is 0. The third-order valence-electron chi connectivity index (χ3n) is 14.9. The highest BCUT2D eigenvalue weighted by Crippen LogP contribution is 2.29. The molecule has 7 nitrogen and oxygen atoms in total. The minimum Gasteiger partial charge on any atom is -0.493 e. The molecule has 17 rings (SSSR count). The van der Waals surface area contributed by atoms with Crippen molar-refractivity contribution in [3.05, 3.63) is 286 Å². The third kappa shape index (κ3) is 27.4. The first kappa shape index (κ1) is 82.7. The molecule has 0 radical (unpaired) electrons. The van der Waals surface area contributed by atoms with Crippen molar-refractivity contribution in [1.29, 1.82) is 0 Å². The van der Waals surface area contributed by atoms with E-state index >= 15 is 0 Å². The zero-order chi connectivity index (χ0) is 55.9. The van der Waals surface area contributed by atoms with Crippen LogP contribution < -0.4 is 28.4 Å². The predicted octanol–water partition coefficient (Wildman–Crippen LogP) is 22.6. The molecule has 91 heavy (non-hydrogen) atoms. The van der Waals surface area contributed by atoms with E-state index in [-0.39, 0.29) is 66.8 Å². The summed E-state index contributed by atoms with van der Waals surface area (Å²) in [5, 5.41) is 0. The molecule has 0 saturated heterocycles. The smallest absolute Gasteiger partial charge is 0.161 e. The molecule has 0 spiro atoms. The first-order valence-electron chi connectivity index (χ1n) is 29.7. The quantitative estimate of drug-likeness (QED) is 0.150. The molecule has 0 N–H and O–H groups in total. The fraction of sp³-hybridized carbons (Fsp3) is 0.357. The number of rotatable bonds is 0. The Morgan fingerprint density at radius 2 is 0.385 bits per heavy atom. The van der Waals surface area contributed by atoms with Crippen LogP contribution in [0.3, 0.4) is 0 Å². The highest BCUT2D eigenvalue weighted by molar-refractivity contribution is 5.41. The number of benzene rings is 9. The molecule has 0 aromatic heterocycles. The van der Waals surface area contributed by atoms with Crippen LogP contribution in [-0.2, 0) is 69.3 Å². The van der Waals surface area contributed by atoms with Crippen LogP contribution in [0.1, 0.15) is 155 Å². The predicted molar refractivity (Wildman–Crippen MR) is 393 cm³/mol. The molecule has 9 aromatic rings. The SMILES string of the molecule is C.C.C.C.C.C.C.C.C.c1ccc2c(c1)CCC2.c1ccc2c(c1)CCCC2.c1ccc2c(c1)CCCO2.c1ccc2c(c1)CCCO2.c1ccc2c(c1)CCO2.c1ccc2c(c1)CCO2.c1ccc2c(c1)COC2.c1ccc2c(c1)OCCO2.c1ccccc1. The van der Waals surface area contributed by atoms with Gasteiger partial charge in [0.2, 0.25) is 0 Å². The molecular weight excluding hydrogens is 1120 g/mol. The van der Waals surface area contributed by atoms with Crippen molar-refractivity contribution in [2.45, 2.75) is 164 Å². The number of para-hydroxylation sites is 6. The van der Waals surface area contributed by atoms with E-state index in [1.807, 2.05) is 133 Å². The molecule has 0 fully saturated rings. The number of hydrogen-bond acceptors (Lipinski definition) is 7. The third-order valence-corrected chi connectivity index (χ3v) is 14.9. The van der Waals surface area contributed by atoms with Crippen molar-refractivity contribution in [3.8, 4) is 34.5 Å². The molecule has 0 atom stereocenters. The molecule has 9 aromatic carbocycles. The van der Waals surface area contributed by atoms with Gasteiger partial charge in [-0.3, -0.25) is 0 Å². The molecule has 2 aliphatic carbocycles. The Morgan fingerprint density at radius 1 is 0.165 bits per heavy atom. The lowest BCUT2D eigenvalue weighted by Crippen LogP contribution is -2.14. The lowest BCUT2D eigenvalue weighted by molar-refractivity contribution is 0.134. The average Bonchev–Trinajstić information content (AvgIpc) is 3.75. The van der Waals surface area contributed by atoms with E-state index in [9.17, 15) is 0 Å². The minimum absolute atomic E-state index is 0. The molecule has 494 valence electrons. The van der Waals surface area contributed by atoms with Gasteiger partial charge in [-0.05, 0) is 163 Å². The van der Waals surface area contributed by atoms with Gasteiger partial charge < -0.3 is 33.2 Å². The van der Waals surface area contributed by atoms with Crippen LogP contribution in [0, 0.1) is 0 Å².